The van der Waals surface area contributed by atoms with Crippen LogP contribution in [0, 0.1) is 5.41 Å². The van der Waals surface area contributed by atoms with Crippen molar-refractivity contribution in [3.63, 3.8) is 0 Å². The summed E-state index contributed by atoms with van der Waals surface area (Å²) >= 11 is 0. The Labute approximate surface area is 290 Å². The van der Waals surface area contributed by atoms with Gasteiger partial charge in [0.05, 0.1) is 25.2 Å². The largest absolute Gasteiger partial charge is 0.493 e. The maximum absolute atomic E-state index is 6.33. The van der Waals surface area contributed by atoms with Crippen LogP contribution in [0.3, 0.4) is 0 Å². The number of ether oxygens (including phenoxy) is 2. The number of anilines is 6. The highest BCUT2D eigenvalue weighted by Crippen LogP contribution is 2.39. The maximum Gasteiger partial charge on any atom is 0.121 e. The molecule has 1 aliphatic heterocycles. The molecule has 1 fully saturated rings. The van der Waals surface area contributed by atoms with E-state index in [1.54, 1.807) is 0 Å². The minimum absolute atomic E-state index is 0.124. The molecule has 4 nitrogen and oxygen atoms in total. The van der Waals surface area contributed by atoms with Gasteiger partial charge in [-0.15, -0.1) is 6.58 Å². The highest BCUT2D eigenvalue weighted by molar-refractivity contribution is 5.81. The lowest BCUT2D eigenvalue weighted by Gasteiger charge is -2.40. The third kappa shape index (κ3) is 7.15. The van der Waals surface area contributed by atoms with Gasteiger partial charge < -0.3 is 19.3 Å². The molecule has 0 atom stereocenters. The maximum atomic E-state index is 6.33. The van der Waals surface area contributed by atoms with E-state index in [1.807, 2.05) is 12.1 Å². The molecule has 1 saturated heterocycles. The molecule has 0 aromatic heterocycles. The van der Waals surface area contributed by atoms with E-state index < -0.39 is 0 Å². The van der Waals surface area contributed by atoms with Gasteiger partial charge in [-0.25, -0.2) is 0 Å². The molecule has 1 heterocycles. The van der Waals surface area contributed by atoms with Crippen LogP contribution < -0.4 is 14.5 Å². The van der Waals surface area contributed by atoms with Gasteiger partial charge in [0, 0.05) is 40.2 Å². The molecule has 0 N–H and O–H groups in total. The molecule has 4 heteroatoms. The smallest absolute Gasteiger partial charge is 0.121 e. The first-order valence-corrected chi connectivity index (χ1v) is 17.1. The SMILES string of the molecule is C=CCc1cccc(N(c2ccccc2)c2ccc(-c3ccc(N(c4ccccc4)c4cccc(OCC5(CC)COC5)c4)cc3)cc2)c1. The molecule has 6 aromatic rings. The summed E-state index contributed by atoms with van der Waals surface area (Å²) in [5, 5.41) is 0. The van der Waals surface area contributed by atoms with E-state index in [1.165, 1.54) is 5.56 Å². The molecule has 0 aliphatic carbocycles. The Bertz CT molecular complexity index is 1960. The number of nitrogens with zero attached hydrogens (tertiary/aromatic N) is 2. The predicted molar refractivity (Wildman–Crippen MR) is 204 cm³/mol. The molecule has 7 rings (SSSR count). The summed E-state index contributed by atoms with van der Waals surface area (Å²) in [7, 11) is 0. The zero-order valence-electron chi connectivity index (χ0n) is 28.0. The van der Waals surface area contributed by atoms with Crippen molar-refractivity contribution in [2.45, 2.75) is 19.8 Å². The molecule has 0 amide bonds. The topological polar surface area (TPSA) is 24.9 Å². The van der Waals surface area contributed by atoms with Gasteiger partial charge in [0.2, 0.25) is 0 Å². The minimum Gasteiger partial charge on any atom is -0.493 e. The van der Waals surface area contributed by atoms with Crippen molar-refractivity contribution >= 4 is 34.1 Å². The van der Waals surface area contributed by atoms with E-state index in [0.717, 1.165) is 77.1 Å². The second-order valence-corrected chi connectivity index (χ2v) is 12.7. The third-order valence-corrected chi connectivity index (χ3v) is 9.35. The van der Waals surface area contributed by atoms with Crippen LogP contribution in [0.1, 0.15) is 18.9 Å². The monoisotopic (exact) mass is 642 g/mol. The first-order valence-electron chi connectivity index (χ1n) is 17.1. The van der Waals surface area contributed by atoms with Crippen LogP contribution in [-0.2, 0) is 11.2 Å². The number of allylic oxidation sites excluding steroid dienone is 1. The molecular weight excluding hydrogens is 601 g/mol. The normalized spacial score (nSPS) is 13.2. The van der Waals surface area contributed by atoms with Crippen LogP contribution >= 0.6 is 0 Å². The predicted octanol–water partition coefficient (Wildman–Crippen LogP) is 11.8. The third-order valence-electron chi connectivity index (χ3n) is 9.35. The van der Waals surface area contributed by atoms with Gasteiger partial charge in [0.15, 0.2) is 0 Å². The van der Waals surface area contributed by atoms with Crippen LogP contribution in [-0.4, -0.2) is 19.8 Å². The van der Waals surface area contributed by atoms with Crippen molar-refractivity contribution in [3.8, 4) is 16.9 Å². The van der Waals surface area contributed by atoms with Crippen molar-refractivity contribution in [3.05, 3.63) is 176 Å². The zero-order chi connectivity index (χ0) is 33.5. The minimum atomic E-state index is 0.124. The highest BCUT2D eigenvalue weighted by atomic mass is 16.5. The summed E-state index contributed by atoms with van der Waals surface area (Å²) in [5.74, 6) is 0.867. The fourth-order valence-corrected chi connectivity index (χ4v) is 6.37. The molecule has 0 saturated carbocycles. The molecule has 0 spiro atoms. The van der Waals surface area contributed by atoms with Gasteiger partial charge in [-0.3, -0.25) is 0 Å². The van der Waals surface area contributed by atoms with E-state index in [4.69, 9.17) is 9.47 Å². The molecule has 0 unspecified atom stereocenters. The Morgan fingerprint density at radius 2 is 1.08 bits per heavy atom. The van der Waals surface area contributed by atoms with E-state index in [9.17, 15) is 0 Å². The summed E-state index contributed by atoms with van der Waals surface area (Å²) in [4.78, 5) is 4.58. The van der Waals surface area contributed by atoms with Crippen LogP contribution in [0.15, 0.2) is 170 Å². The molecule has 244 valence electrons. The lowest BCUT2D eigenvalue weighted by atomic mass is 9.84. The molecular formula is C45H42N2O2. The summed E-state index contributed by atoms with van der Waals surface area (Å²) in [6.07, 6.45) is 3.83. The number of benzene rings is 6. The van der Waals surface area contributed by atoms with Crippen LogP contribution in [0.2, 0.25) is 0 Å². The van der Waals surface area contributed by atoms with E-state index in [0.29, 0.717) is 6.61 Å². The van der Waals surface area contributed by atoms with Gasteiger partial charge >= 0.3 is 0 Å². The quantitative estimate of drug-likeness (QED) is 0.117. The van der Waals surface area contributed by atoms with Gasteiger partial charge in [0.1, 0.15) is 5.75 Å². The second-order valence-electron chi connectivity index (χ2n) is 12.7. The van der Waals surface area contributed by atoms with E-state index >= 15 is 0 Å². The summed E-state index contributed by atoms with van der Waals surface area (Å²) in [6, 6.07) is 55.7. The fraction of sp³-hybridized carbons (Fsp3) is 0.156. The fourth-order valence-electron chi connectivity index (χ4n) is 6.37. The zero-order valence-corrected chi connectivity index (χ0v) is 28.0. The van der Waals surface area contributed by atoms with Crippen molar-refractivity contribution < 1.29 is 9.47 Å². The molecule has 0 radical (unpaired) electrons. The number of hydrogen-bond acceptors (Lipinski definition) is 4. The molecule has 49 heavy (non-hydrogen) atoms. The van der Waals surface area contributed by atoms with Crippen molar-refractivity contribution in [1.29, 1.82) is 0 Å². The first-order chi connectivity index (χ1) is 24.1. The molecule has 6 aromatic carbocycles. The Morgan fingerprint density at radius 1 is 0.592 bits per heavy atom. The average Bonchev–Trinajstić information content (AvgIpc) is 3.14. The second kappa shape index (κ2) is 14.7. The van der Waals surface area contributed by atoms with Crippen molar-refractivity contribution in [1.82, 2.24) is 0 Å². The van der Waals surface area contributed by atoms with E-state index in [2.05, 4.69) is 175 Å². The molecule has 0 bridgehead atoms. The lowest BCUT2D eigenvalue weighted by molar-refractivity contribution is -0.133. The Balaban J connectivity index is 1.16. The van der Waals surface area contributed by atoms with Crippen LogP contribution in [0.4, 0.5) is 34.1 Å². The summed E-state index contributed by atoms with van der Waals surface area (Å²) in [6.45, 7) is 8.34. The Hall–Kier alpha value is -5.58. The van der Waals surface area contributed by atoms with Crippen molar-refractivity contribution in [2.75, 3.05) is 29.6 Å². The van der Waals surface area contributed by atoms with Gasteiger partial charge in [-0.1, -0.05) is 91.9 Å². The van der Waals surface area contributed by atoms with Gasteiger partial charge in [0.25, 0.3) is 0 Å². The highest BCUT2D eigenvalue weighted by Gasteiger charge is 2.37. The first kappa shape index (κ1) is 32.0. The van der Waals surface area contributed by atoms with E-state index in [-0.39, 0.29) is 5.41 Å². The standard InChI is InChI=1S/C45H42N2O2/c1-3-13-35-14-11-19-42(30-35)46(38-15-7-5-8-16-38)40-26-22-36(23-27-40)37-24-28-41(29-25-37)47(39-17-9-6-10-18-39)43-20-12-21-44(31-43)49-34-45(4-2)32-48-33-45/h3,5-12,14-31H,1,4,13,32-34H2,2H3. The van der Waals surface area contributed by atoms with Gasteiger partial charge in [-0.2, -0.15) is 0 Å². The summed E-state index contributed by atoms with van der Waals surface area (Å²) < 4.78 is 11.8. The lowest BCUT2D eigenvalue weighted by Crippen LogP contribution is -2.46. The number of rotatable bonds is 13. The summed E-state index contributed by atoms with van der Waals surface area (Å²) in [5.41, 5.74) is 10.3. The number of para-hydroxylation sites is 2. The Morgan fingerprint density at radius 3 is 1.57 bits per heavy atom. The average molecular weight is 643 g/mol. The van der Waals surface area contributed by atoms with Crippen LogP contribution in [0.5, 0.6) is 5.75 Å². The van der Waals surface area contributed by atoms with Gasteiger partial charge in [-0.05, 0) is 102 Å². The Kier molecular flexibility index (Phi) is 9.58. The molecule has 1 aliphatic rings. The van der Waals surface area contributed by atoms with Crippen LogP contribution in [0.25, 0.3) is 11.1 Å². The van der Waals surface area contributed by atoms with Crippen molar-refractivity contribution in [2.24, 2.45) is 5.41 Å². The number of hydrogen-bond donors (Lipinski definition) is 0.